The van der Waals surface area contributed by atoms with Gasteiger partial charge < -0.3 is 0 Å². The number of carbonyl (C=O) groups is 1. The van der Waals surface area contributed by atoms with Crippen molar-refractivity contribution >= 4 is 27.8 Å². The largest absolute Gasteiger partial charge is 0.280 e. The van der Waals surface area contributed by atoms with Crippen molar-refractivity contribution in [1.82, 2.24) is 9.97 Å². The van der Waals surface area contributed by atoms with E-state index in [0.29, 0.717) is 18.9 Å². The van der Waals surface area contributed by atoms with Crippen LogP contribution < -0.4 is 4.90 Å². The topological polar surface area (TPSA) is 46.1 Å². The molecule has 1 fully saturated rings. The van der Waals surface area contributed by atoms with Crippen LogP contribution in [0.25, 0.3) is 0 Å². The first-order valence-electron chi connectivity index (χ1n) is 4.61. The second-order valence-corrected chi connectivity index (χ2v) is 4.32. The van der Waals surface area contributed by atoms with E-state index in [9.17, 15) is 4.79 Å². The fraction of sp³-hybridized carbons (Fsp3) is 0.300. The first-order valence-corrected chi connectivity index (χ1v) is 5.40. The minimum Gasteiger partial charge on any atom is -0.280 e. The molecular formula is C10H10BrN3O. The summed E-state index contributed by atoms with van der Waals surface area (Å²) in [4.78, 5) is 21.4. The molecule has 1 aromatic rings. The zero-order chi connectivity index (χ0) is 10.8. The van der Waals surface area contributed by atoms with Gasteiger partial charge in [-0.15, -0.1) is 6.58 Å². The number of hydrogen-bond donors (Lipinski definition) is 0. The molecule has 0 aliphatic carbocycles. The number of hydrogen-bond acceptors (Lipinski definition) is 3. The summed E-state index contributed by atoms with van der Waals surface area (Å²) in [6, 6.07) is 0. The molecule has 5 heteroatoms. The van der Waals surface area contributed by atoms with E-state index < -0.39 is 0 Å². The van der Waals surface area contributed by atoms with E-state index >= 15 is 0 Å². The van der Waals surface area contributed by atoms with Gasteiger partial charge in [0.1, 0.15) is 0 Å². The fourth-order valence-electron chi connectivity index (χ4n) is 1.53. The van der Waals surface area contributed by atoms with Crippen molar-refractivity contribution in [1.29, 1.82) is 0 Å². The third kappa shape index (κ3) is 2.07. The summed E-state index contributed by atoms with van der Waals surface area (Å²) >= 11 is 3.25. The first kappa shape index (κ1) is 10.3. The van der Waals surface area contributed by atoms with Crippen molar-refractivity contribution in [3.05, 3.63) is 29.5 Å². The number of nitrogens with zero attached hydrogens (tertiary/aromatic N) is 3. The van der Waals surface area contributed by atoms with Gasteiger partial charge in [-0.1, -0.05) is 6.08 Å². The number of anilines is 1. The monoisotopic (exact) mass is 267 g/mol. The van der Waals surface area contributed by atoms with Gasteiger partial charge in [-0.2, -0.15) is 0 Å². The Kier molecular flexibility index (Phi) is 2.81. The van der Waals surface area contributed by atoms with Crippen LogP contribution in [0.5, 0.6) is 0 Å². The van der Waals surface area contributed by atoms with Gasteiger partial charge in [-0.25, -0.2) is 9.97 Å². The molecule has 0 radical (unpaired) electrons. The van der Waals surface area contributed by atoms with Crippen LogP contribution in [0.1, 0.15) is 6.42 Å². The molecule has 1 aliphatic heterocycles. The molecule has 1 saturated heterocycles. The van der Waals surface area contributed by atoms with Crippen molar-refractivity contribution in [2.75, 3.05) is 11.4 Å². The third-order valence-corrected chi connectivity index (χ3v) is 2.75. The Bertz CT molecular complexity index is 390. The minimum atomic E-state index is 0.0576. The highest BCUT2D eigenvalue weighted by Gasteiger charge is 2.30. The Hall–Kier alpha value is -1.23. The highest BCUT2D eigenvalue weighted by atomic mass is 79.9. The molecule has 0 saturated carbocycles. The van der Waals surface area contributed by atoms with Gasteiger partial charge in [-0.3, -0.25) is 9.69 Å². The molecule has 15 heavy (non-hydrogen) atoms. The molecule has 78 valence electrons. The van der Waals surface area contributed by atoms with Crippen molar-refractivity contribution in [3.63, 3.8) is 0 Å². The standard InChI is InChI=1S/C10H10BrN3O/c1-2-7-3-9(15)14(6-7)10-12-4-8(11)5-13-10/h2,4-5,7H,1,3,6H2. The molecule has 0 bridgehead atoms. The van der Waals surface area contributed by atoms with E-state index in [-0.39, 0.29) is 11.8 Å². The van der Waals surface area contributed by atoms with Gasteiger partial charge >= 0.3 is 0 Å². The predicted octanol–water partition coefficient (Wildman–Crippen LogP) is 1.78. The summed E-state index contributed by atoms with van der Waals surface area (Å²) in [7, 11) is 0. The average Bonchev–Trinajstić information content (AvgIpc) is 2.61. The van der Waals surface area contributed by atoms with Crippen LogP contribution >= 0.6 is 15.9 Å². The Morgan fingerprint density at radius 3 is 2.73 bits per heavy atom. The van der Waals surface area contributed by atoms with E-state index in [2.05, 4.69) is 32.5 Å². The summed E-state index contributed by atoms with van der Waals surface area (Å²) in [5.41, 5.74) is 0. The van der Waals surface area contributed by atoms with Gasteiger partial charge in [-0.05, 0) is 15.9 Å². The molecule has 0 N–H and O–H groups in total. The molecule has 4 nitrogen and oxygen atoms in total. The van der Waals surface area contributed by atoms with Gasteiger partial charge in [0.05, 0.1) is 4.47 Å². The lowest BCUT2D eigenvalue weighted by Crippen LogP contribution is -2.26. The van der Waals surface area contributed by atoms with Gasteiger partial charge in [0.2, 0.25) is 11.9 Å². The molecular weight excluding hydrogens is 258 g/mol. The molecule has 0 spiro atoms. The summed E-state index contributed by atoms with van der Waals surface area (Å²) in [5, 5.41) is 0. The van der Waals surface area contributed by atoms with Gasteiger partial charge in [0, 0.05) is 31.3 Å². The lowest BCUT2D eigenvalue weighted by atomic mass is 10.1. The van der Waals surface area contributed by atoms with Gasteiger partial charge in [0.15, 0.2) is 0 Å². The molecule has 0 aromatic carbocycles. The Labute approximate surface area is 96.2 Å². The highest BCUT2D eigenvalue weighted by Crippen LogP contribution is 2.22. The molecule has 2 heterocycles. The SMILES string of the molecule is C=CC1CC(=O)N(c2ncc(Br)cn2)C1. The maximum absolute atomic E-state index is 11.6. The van der Waals surface area contributed by atoms with Crippen LogP contribution in [0, 0.1) is 5.92 Å². The number of halogens is 1. The number of aromatic nitrogens is 2. The van der Waals surface area contributed by atoms with E-state index in [1.807, 2.05) is 0 Å². The van der Waals surface area contributed by atoms with E-state index in [4.69, 9.17) is 0 Å². The van der Waals surface area contributed by atoms with E-state index in [1.165, 1.54) is 0 Å². The maximum Gasteiger partial charge on any atom is 0.232 e. The zero-order valence-corrected chi connectivity index (χ0v) is 9.64. The quantitative estimate of drug-likeness (QED) is 0.768. The van der Waals surface area contributed by atoms with E-state index in [1.54, 1.807) is 23.4 Å². The lowest BCUT2D eigenvalue weighted by Gasteiger charge is -2.12. The van der Waals surface area contributed by atoms with Crippen LogP contribution in [0.3, 0.4) is 0 Å². The summed E-state index contributed by atoms with van der Waals surface area (Å²) < 4.78 is 0.804. The highest BCUT2D eigenvalue weighted by molar-refractivity contribution is 9.10. The third-order valence-electron chi connectivity index (χ3n) is 2.34. The summed E-state index contributed by atoms with van der Waals surface area (Å²) in [5.74, 6) is 0.736. The van der Waals surface area contributed by atoms with Crippen LogP contribution in [0.15, 0.2) is 29.5 Å². The zero-order valence-electron chi connectivity index (χ0n) is 8.06. The van der Waals surface area contributed by atoms with Crippen LogP contribution in [0.4, 0.5) is 5.95 Å². The predicted molar refractivity (Wildman–Crippen MR) is 60.4 cm³/mol. The van der Waals surface area contributed by atoms with Gasteiger partial charge in [0.25, 0.3) is 0 Å². The number of carbonyl (C=O) groups excluding carboxylic acids is 1. The number of rotatable bonds is 2. The lowest BCUT2D eigenvalue weighted by molar-refractivity contribution is -0.117. The molecule has 1 atom stereocenters. The summed E-state index contributed by atoms with van der Waals surface area (Å²) in [6.45, 7) is 4.32. The van der Waals surface area contributed by atoms with Crippen molar-refractivity contribution in [3.8, 4) is 0 Å². The van der Waals surface area contributed by atoms with Crippen molar-refractivity contribution < 1.29 is 4.79 Å². The smallest absolute Gasteiger partial charge is 0.232 e. The minimum absolute atomic E-state index is 0.0576. The molecule has 1 aromatic heterocycles. The van der Waals surface area contributed by atoms with E-state index in [0.717, 1.165) is 4.47 Å². The van der Waals surface area contributed by atoms with Crippen molar-refractivity contribution in [2.24, 2.45) is 5.92 Å². The van der Waals surface area contributed by atoms with Crippen LogP contribution in [-0.2, 0) is 4.79 Å². The van der Waals surface area contributed by atoms with Crippen LogP contribution in [0.2, 0.25) is 0 Å². The average molecular weight is 268 g/mol. The number of amides is 1. The second-order valence-electron chi connectivity index (χ2n) is 3.41. The maximum atomic E-state index is 11.6. The van der Waals surface area contributed by atoms with Crippen LogP contribution in [-0.4, -0.2) is 22.4 Å². The Morgan fingerprint density at radius 2 is 2.20 bits per heavy atom. The fourth-order valence-corrected chi connectivity index (χ4v) is 1.74. The normalized spacial score (nSPS) is 20.7. The van der Waals surface area contributed by atoms with Crippen molar-refractivity contribution in [2.45, 2.75) is 6.42 Å². The summed E-state index contributed by atoms with van der Waals surface area (Å²) in [6.07, 6.45) is 5.58. The molecule has 1 amide bonds. The Morgan fingerprint density at radius 1 is 1.53 bits per heavy atom. The first-order chi connectivity index (χ1) is 7.20. The molecule has 1 unspecified atom stereocenters. The molecule has 1 aliphatic rings. The Balaban J connectivity index is 2.21. The second kappa shape index (κ2) is 4.10. The molecule has 2 rings (SSSR count).